The number of rotatable bonds is 2. The van der Waals surface area contributed by atoms with Crippen LogP contribution in [0.15, 0.2) is 18.2 Å². The normalized spacial score (nSPS) is 25.7. The molecule has 3 heteroatoms. The van der Waals surface area contributed by atoms with Crippen LogP contribution in [0.5, 0.6) is 0 Å². The lowest BCUT2D eigenvalue weighted by Gasteiger charge is -2.27. The molecule has 0 nitrogen and oxygen atoms in total. The summed E-state index contributed by atoms with van der Waals surface area (Å²) in [6.07, 6.45) is 6.04. The van der Waals surface area contributed by atoms with Crippen molar-refractivity contribution in [3.63, 3.8) is 0 Å². The van der Waals surface area contributed by atoms with Crippen LogP contribution in [0.4, 0.5) is 4.39 Å². The highest BCUT2D eigenvalue weighted by atomic mass is 79.9. The maximum absolute atomic E-state index is 12.9. The fourth-order valence-electron chi connectivity index (χ4n) is 2.36. The average molecular weight is 306 g/mol. The van der Waals surface area contributed by atoms with E-state index in [1.807, 2.05) is 6.07 Å². The molecule has 2 rings (SSSR count). The van der Waals surface area contributed by atoms with Gasteiger partial charge in [0.05, 0.1) is 0 Å². The van der Waals surface area contributed by atoms with Gasteiger partial charge in [0.15, 0.2) is 0 Å². The highest BCUT2D eigenvalue weighted by molar-refractivity contribution is 9.09. The zero-order chi connectivity index (χ0) is 11.5. The van der Waals surface area contributed by atoms with E-state index in [1.165, 1.54) is 37.8 Å². The van der Waals surface area contributed by atoms with E-state index >= 15 is 0 Å². The Kier molecular flexibility index (Phi) is 4.26. The Morgan fingerprint density at radius 2 is 2.06 bits per heavy atom. The molecular weight excluding hydrogens is 290 g/mol. The minimum atomic E-state index is -0.257. The lowest BCUT2D eigenvalue weighted by molar-refractivity contribution is 0.373. The molecule has 88 valence electrons. The smallest absolute Gasteiger partial charge is 0.124 e. The van der Waals surface area contributed by atoms with E-state index in [2.05, 4.69) is 15.9 Å². The van der Waals surface area contributed by atoms with Crippen molar-refractivity contribution in [2.24, 2.45) is 5.92 Å². The maximum atomic E-state index is 12.9. The second kappa shape index (κ2) is 5.50. The lowest BCUT2D eigenvalue weighted by atomic mass is 9.85. The summed E-state index contributed by atoms with van der Waals surface area (Å²) in [5.74, 6) is 0.379. The summed E-state index contributed by atoms with van der Waals surface area (Å²) < 4.78 is 12.9. The molecule has 1 fully saturated rings. The molecule has 0 radical (unpaired) electrons. The van der Waals surface area contributed by atoms with E-state index in [-0.39, 0.29) is 5.82 Å². The van der Waals surface area contributed by atoms with Crippen LogP contribution in [-0.2, 0) is 6.42 Å². The topological polar surface area (TPSA) is 0 Å². The molecular formula is C13H15BrClF. The van der Waals surface area contributed by atoms with Gasteiger partial charge >= 0.3 is 0 Å². The van der Waals surface area contributed by atoms with Crippen LogP contribution < -0.4 is 0 Å². The van der Waals surface area contributed by atoms with Gasteiger partial charge in [-0.05, 0) is 42.9 Å². The Labute approximate surface area is 109 Å². The van der Waals surface area contributed by atoms with E-state index < -0.39 is 0 Å². The predicted molar refractivity (Wildman–Crippen MR) is 69.8 cm³/mol. The van der Waals surface area contributed by atoms with Crippen molar-refractivity contribution in [2.75, 3.05) is 0 Å². The van der Waals surface area contributed by atoms with Gasteiger partial charge in [-0.25, -0.2) is 4.39 Å². The quantitative estimate of drug-likeness (QED) is 0.676. The summed E-state index contributed by atoms with van der Waals surface area (Å²) in [5, 5.41) is 0.560. The van der Waals surface area contributed by atoms with Gasteiger partial charge < -0.3 is 0 Å². The molecule has 0 aromatic heterocycles. The average Bonchev–Trinajstić information content (AvgIpc) is 2.25. The van der Waals surface area contributed by atoms with Crippen molar-refractivity contribution >= 4 is 27.5 Å². The molecule has 1 aromatic rings. The van der Waals surface area contributed by atoms with Crippen LogP contribution in [0.25, 0.3) is 0 Å². The number of benzene rings is 1. The minimum Gasteiger partial charge on any atom is -0.207 e. The SMILES string of the molecule is Fc1ccc(CC2CCCCC2Br)c(Cl)c1. The van der Waals surface area contributed by atoms with Crippen molar-refractivity contribution in [1.82, 2.24) is 0 Å². The van der Waals surface area contributed by atoms with Crippen LogP contribution >= 0.6 is 27.5 Å². The molecule has 0 amide bonds. The summed E-state index contributed by atoms with van der Waals surface area (Å²) in [4.78, 5) is 0.586. The van der Waals surface area contributed by atoms with E-state index in [9.17, 15) is 4.39 Å². The summed E-state index contributed by atoms with van der Waals surface area (Å²) in [6.45, 7) is 0. The van der Waals surface area contributed by atoms with Gasteiger partial charge in [0.1, 0.15) is 5.82 Å². The van der Waals surface area contributed by atoms with Gasteiger partial charge in [-0.2, -0.15) is 0 Å². The molecule has 0 heterocycles. The molecule has 1 aromatic carbocycles. The summed E-state index contributed by atoms with van der Waals surface area (Å²) in [6, 6.07) is 4.71. The molecule has 0 saturated heterocycles. The molecule has 1 aliphatic rings. The van der Waals surface area contributed by atoms with E-state index in [4.69, 9.17) is 11.6 Å². The van der Waals surface area contributed by atoms with Crippen molar-refractivity contribution in [1.29, 1.82) is 0 Å². The highest BCUT2D eigenvalue weighted by Gasteiger charge is 2.23. The van der Waals surface area contributed by atoms with Crippen LogP contribution in [0.1, 0.15) is 31.2 Å². The Morgan fingerprint density at radius 3 is 2.75 bits per heavy atom. The van der Waals surface area contributed by atoms with Crippen LogP contribution in [0.3, 0.4) is 0 Å². The Morgan fingerprint density at radius 1 is 1.31 bits per heavy atom. The summed E-state index contributed by atoms with van der Waals surface area (Å²) in [5.41, 5.74) is 1.07. The Bertz CT molecular complexity index is 367. The summed E-state index contributed by atoms with van der Waals surface area (Å²) in [7, 11) is 0. The summed E-state index contributed by atoms with van der Waals surface area (Å²) >= 11 is 9.78. The van der Waals surface area contributed by atoms with Gasteiger partial charge in [0, 0.05) is 9.85 Å². The number of hydrogen-bond donors (Lipinski definition) is 0. The van der Waals surface area contributed by atoms with Crippen LogP contribution in [-0.4, -0.2) is 4.83 Å². The van der Waals surface area contributed by atoms with Gasteiger partial charge in [-0.15, -0.1) is 0 Å². The second-order valence-electron chi connectivity index (χ2n) is 4.50. The van der Waals surface area contributed by atoms with Gasteiger partial charge in [-0.1, -0.05) is 46.4 Å². The standard InChI is InChI=1S/C13H15BrClF/c14-12-4-2-1-3-9(12)7-10-5-6-11(16)8-13(10)15/h5-6,8-9,12H,1-4,7H2. The molecule has 2 atom stereocenters. The first-order valence-corrected chi connectivity index (χ1v) is 7.04. The first-order valence-electron chi connectivity index (χ1n) is 5.75. The zero-order valence-corrected chi connectivity index (χ0v) is 11.4. The first-order chi connectivity index (χ1) is 7.66. The van der Waals surface area contributed by atoms with Gasteiger partial charge in [0.25, 0.3) is 0 Å². The fourth-order valence-corrected chi connectivity index (χ4v) is 3.38. The number of hydrogen-bond acceptors (Lipinski definition) is 0. The first kappa shape index (κ1) is 12.4. The molecule has 2 unspecified atom stereocenters. The van der Waals surface area contributed by atoms with E-state index in [0.29, 0.717) is 15.8 Å². The third-order valence-corrected chi connectivity index (χ3v) is 4.87. The second-order valence-corrected chi connectivity index (χ2v) is 6.08. The maximum Gasteiger partial charge on any atom is 0.124 e. The predicted octanol–water partition coefficient (Wildman–Crippen LogP) is 4.98. The zero-order valence-electron chi connectivity index (χ0n) is 9.06. The molecule has 0 spiro atoms. The number of halogens is 3. The number of alkyl halides is 1. The largest absolute Gasteiger partial charge is 0.207 e. The monoisotopic (exact) mass is 304 g/mol. The van der Waals surface area contributed by atoms with Gasteiger partial charge in [0.2, 0.25) is 0 Å². The molecule has 1 aliphatic carbocycles. The third-order valence-electron chi connectivity index (χ3n) is 3.31. The Hall–Kier alpha value is -0.0800. The molecule has 0 N–H and O–H groups in total. The van der Waals surface area contributed by atoms with Crippen molar-refractivity contribution < 1.29 is 4.39 Å². The molecule has 0 bridgehead atoms. The van der Waals surface area contributed by atoms with Crippen LogP contribution in [0, 0.1) is 11.7 Å². The van der Waals surface area contributed by atoms with E-state index in [0.717, 1.165) is 12.0 Å². The van der Waals surface area contributed by atoms with Crippen molar-refractivity contribution in [3.8, 4) is 0 Å². The molecule has 1 saturated carbocycles. The third kappa shape index (κ3) is 2.98. The van der Waals surface area contributed by atoms with Crippen LogP contribution in [0.2, 0.25) is 5.02 Å². The Balaban J connectivity index is 2.07. The minimum absolute atomic E-state index is 0.257. The molecule has 0 aliphatic heterocycles. The lowest BCUT2D eigenvalue weighted by Crippen LogP contribution is -2.21. The highest BCUT2D eigenvalue weighted by Crippen LogP contribution is 2.33. The van der Waals surface area contributed by atoms with Gasteiger partial charge in [-0.3, -0.25) is 0 Å². The van der Waals surface area contributed by atoms with Crippen molar-refractivity contribution in [2.45, 2.75) is 36.9 Å². The van der Waals surface area contributed by atoms with E-state index in [1.54, 1.807) is 0 Å². The fraction of sp³-hybridized carbons (Fsp3) is 0.538. The molecule has 16 heavy (non-hydrogen) atoms. The van der Waals surface area contributed by atoms with Crippen molar-refractivity contribution in [3.05, 3.63) is 34.6 Å².